The molecule has 2 heterocycles. The van der Waals surface area contributed by atoms with Crippen LogP contribution >= 0.6 is 11.8 Å². The number of nitrogens with zero attached hydrogens (tertiary/aromatic N) is 5. The van der Waals surface area contributed by atoms with Gasteiger partial charge in [0, 0.05) is 18.8 Å². The summed E-state index contributed by atoms with van der Waals surface area (Å²) >= 11 is 1.18. The highest BCUT2D eigenvalue weighted by Crippen LogP contribution is 2.22. The number of anilines is 1. The van der Waals surface area contributed by atoms with Crippen LogP contribution in [0.2, 0.25) is 0 Å². The fourth-order valence-electron chi connectivity index (χ4n) is 3.13. The van der Waals surface area contributed by atoms with Gasteiger partial charge in [0.1, 0.15) is 5.75 Å². The van der Waals surface area contributed by atoms with Gasteiger partial charge in [0.25, 0.3) is 0 Å². The van der Waals surface area contributed by atoms with Crippen LogP contribution in [0.25, 0.3) is 5.69 Å². The molecule has 0 atom stereocenters. The second-order valence-corrected chi connectivity index (χ2v) is 9.83. The lowest BCUT2D eigenvalue weighted by molar-refractivity contribution is -0.113. The lowest BCUT2D eigenvalue weighted by Crippen LogP contribution is -2.40. The first-order valence-electron chi connectivity index (χ1n) is 10.0. The van der Waals surface area contributed by atoms with E-state index in [1.807, 2.05) is 12.1 Å². The van der Waals surface area contributed by atoms with Crippen molar-refractivity contribution in [3.8, 4) is 11.4 Å². The number of sulfonamides is 1. The molecule has 1 saturated heterocycles. The van der Waals surface area contributed by atoms with Gasteiger partial charge in [0.05, 0.1) is 36.7 Å². The van der Waals surface area contributed by atoms with Gasteiger partial charge in [-0.15, -0.1) is 5.10 Å². The molecule has 0 spiro atoms. The number of amides is 1. The van der Waals surface area contributed by atoms with E-state index in [0.29, 0.717) is 42.9 Å². The fourth-order valence-corrected chi connectivity index (χ4v) is 5.23. The van der Waals surface area contributed by atoms with Crippen LogP contribution in [-0.4, -0.2) is 78.0 Å². The van der Waals surface area contributed by atoms with Crippen LogP contribution in [0.3, 0.4) is 0 Å². The summed E-state index contributed by atoms with van der Waals surface area (Å²) in [5.41, 5.74) is 1.23. The van der Waals surface area contributed by atoms with Crippen molar-refractivity contribution in [1.29, 1.82) is 0 Å². The van der Waals surface area contributed by atoms with Crippen molar-refractivity contribution in [2.24, 2.45) is 0 Å². The Labute approximate surface area is 195 Å². The average molecular weight is 491 g/mol. The Morgan fingerprint density at radius 2 is 1.82 bits per heavy atom. The molecule has 13 heteroatoms. The van der Waals surface area contributed by atoms with E-state index in [4.69, 9.17) is 9.47 Å². The van der Waals surface area contributed by atoms with Gasteiger partial charge in [0.15, 0.2) is 0 Å². The third-order valence-corrected chi connectivity index (χ3v) is 7.67. The molecule has 1 fully saturated rings. The highest BCUT2D eigenvalue weighted by Gasteiger charge is 2.26. The van der Waals surface area contributed by atoms with Gasteiger partial charge in [-0.1, -0.05) is 11.8 Å². The van der Waals surface area contributed by atoms with E-state index >= 15 is 0 Å². The number of tetrazole rings is 1. The van der Waals surface area contributed by atoms with Crippen LogP contribution in [0.4, 0.5) is 5.69 Å². The number of nitrogens with one attached hydrogen (secondary N) is 1. The molecule has 3 aromatic rings. The first-order chi connectivity index (χ1) is 16.0. The number of rotatable bonds is 8. The number of thioether (sulfide) groups is 1. The van der Waals surface area contributed by atoms with Crippen LogP contribution in [-0.2, 0) is 19.6 Å². The fraction of sp³-hybridized carbons (Fsp3) is 0.300. The molecule has 174 valence electrons. The Morgan fingerprint density at radius 1 is 1.12 bits per heavy atom. The van der Waals surface area contributed by atoms with E-state index in [2.05, 4.69) is 20.8 Å². The Kier molecular flexibility index (Phi) is 7.23. The van der Waals surface area contributed by atoms with Crippen LogP contribution in [0, 0.1) is 0 Å². The minimum absolute atomic E-state index is 0.0738. The number of aromatic nitrogens is 4. The topological polar surface area (TPSA) is 129 Å². The highest BCUT2D eigenvalue weighted by molar-refractivity contribution is 7.99. The van der Waals surface area contributed by atoms with Crippen LogP contribution < -0.4 is 10.1 Å². The highest BCUT2D eigenvalue weighted by atomic mass is 32.2. The second kappa shape index (κ2) is 10.3. The second-order valence-electron chi connectivity index (χ2n) is 6.95. The predicted molar refractivity (Wildman–Crippen MR) is 121 cm³/mol. The maximum Gasteiger partial charge on any atom is 0.243 e. The molecule has 33 heavy (non-hydrogen) atoms. The number of carbonyl (C=O) groups is 1. The summed E-state index contributed by atoms with van der Waals surface area (Å²) in [6.45, 7) is 1.42. The number of hydrogen-bond acceptors (Lipinski definition) is 9. The molecule has 11 nitrogen and oxygen atoms in total. The smallest absolute Gasteiger partial charge is 0.243 e. The number of benzene rings is 2. The number of morpholine rings is 1. The standard InChI is InChI=1S/C20H22N6O5S2/c1-30-17-6-4-16(5-7-17)26-20(22-23-24-26)32-14-19(27)21-15-2-8-18(9-3-15)33(28,29)25-10-12-31-13-11-25/h2-9H,10-14H2,1H3,(H,21,27). The zero-order valence-electron chi connectivity index (χ0n) is 17.7. The Hall–Kier alpha value is -3.00. The molecule has 0 unspecified atom stereocenters. The first-order valence-corrected chi connectivity index (χ1v) is 12.4. The zero-order chi connectivity index (χ0) is 23.3. The van der Waals surface area contributed by atoms with E-state index in [1.165, 1.54) is 32.9 Å². The van der Waals surface area contributed by atoms with E-state index in [9.17, 15) is 13.2 Å². The predicted octanol–water partition coefficient (Wildman–Crippen LogP) is 1.42. The van der Waals surface area contributed by atoms with Gasteiger partial charge in [0.2, 0.25) is 21.1 Å². The van der Waals surface area contributed by atoms with Gasteiger partial charge in [-0.25, -0.2) is 8.42 Å². The first kappa shape index (κ1) is 23.2. The van der Waals surface area contributed by atoms with Gasteiger partial charge >= 0.3 is 0 Å². The molecule has 0 bridgehead atoms. The molecule has 0 aliphatic carbocycles. The minimum Gasteiger partial charge on any atom is -0.497 e. The number of carbonyl (C=O) groups excluding carboxylic acids is 1. The minimum atomic E-state index is -3.58. The van der Waals surface area contributed by atoms with E-state index < -0.39 is 10.0 Å². The molecule has 1 aliphatic heterocycles. The average Bonchev–Trinajstić information content (AvgIpc) is 3.32. The molecule has 1 amide bonds. The normalized spacial score (nSPS) is 14.7. The van der Waals surface area contributed by atoms with Crippen molar-refractivity contribution in [2.45, 2.75) is 10.1 Å². The lowest BCUT2D eigenvalue weighted by Gasteiger charge is -2.26. The van der Waals surface area contributed by atoms with E-state index in [1.54, 1.807) is 31.4 Å². The summed E-state index contributed by atoms with van der Waals surface area (Å²) in [5.74, 6) is 0.516. The maximum absolute atomic E-state index is 12.7. The molecule has 1 N–H and O–H groups in total. The molecule has 1 aromatic heterocycles. The van der Waals surface area contributed by atoms with Crippen molar-refractivity contribution in [3.63, 3.8) is 0 Å². The van der Waals surface area contributed by atoms with Crippen LogP contribution in [0.5, 0.6) is 5.75 Å². The molecule has 2 aromatic carbocycles. The summed E-state index contributed by atoms with van der Waals surface area (Å²) in [5, 5.41) is 14.8. The summed E-state index contributed by atoms with van der Waals surface area (Å²) in [6.07, 6.45) is 0. The van der Waals surface area contributed by atoms with Gasteiger partial charge in [-0.3, -0.25) is 4.79 Å². The molecule has 0 radical (unpaired) electrons. The third kappa shape index (κ3) is 5.50. The van der Waals surface area contributed by atoms with E-state index in [0.717, 1.165) is 5.69 Å². The Balaban J connectivity index is 1.35. The van der Waals surface area contributed by atoms with Gasteiger partial charge in [-0.2, -0.15) is 8.99 Å². The van der Waals surface area contributed by atoms with Gasteiger partial charge in [-0.05, 0) is 59.0 Å². The quantitative estimate of drug-likeness (QED) is 0.466. The third-order valence-electron chi connectivity index (χ3n) is 4.84. The van der Waals surface area contributed by atoms with Crippen molar-refractivity contribution >= 4 is 33.4 Å². The van der Waals surface area contributed by atoms with Crippen molar-refractivity contribution < 1.29 is 22.7 Å². The monoisotopic (exact) mass is 490 g/mol. The summed E-state index contributed by atoms with van der Waals surface area (Å²) in [4.78, 5) is 12.6. The van der Waals surface area contributed by atoms with Crippen LogP contribution in [0.15, 0.2) is 58.6 Å². The number of hydrogen-bond donors (Lipinski definition) is 1. The number of ether oxygens (including phenoxy) is 2. The lowest BCUT2D eigenvalue weighted by atomic mass is 10.3. The molecular formula is C20H22N6O5S2. The van der Waals surface area contributed by atoms with Crippen molar-refractivity contribution in [2.75, 3.05) is 44.5 Å². The summed E-state index contributed by atoms with van der Waals surface area (Å²) in [7, 11) is -1.99. The Morgan fingerprint density at radius 3 is 2.48 bits per heavy atom. The maximum atomic E-state index is 12.7. The SMILES string of the molecule is COc1ccc(-n2nnnc2SCC(=O)Nc2ccc(S(=O)(=O)N3CCOCC3)cc2)cc1. The molecular weight excluding hydrogens is 468 g/mol. The van der Waals surface area contributed by atoms with Crippen molar-refractivity contribution in [3.05, 3.63) is 48.5 Å². The molecule has 4 rings (SSSR count). The van der Waals surface area contributed by atoms with E-state index in [-0.39, 0.29) is 16.6 Å². The van der Waals surface area contributed by atoms with Crippen LogP contribution in [0.1, 0.15) is 0 Å². The summed E-state index contributed by atoms with van der Waals surface area (Å²) < 4.78 is 38.7. The summed E-state index contributed by atoms with van der Waals surface area (Å²) in [6, 6.07) is 13.3. The van der Waals surface area contributed by atoms with Crippen molar-refractivity contribution in [1.82, 2.24) is 24.5 Å². The molecule has 1 aliphatic rings. The van der Waals surface area contributed by atoms with Gasteiger partial charge < -0.3 is 14.8 Å². The Bertz CT molecular complexity index is 1190. The molecule has 0 saturated carbocycles. The number of methoxy groups -OCH3 is 1. The largest absolute Gasteiger partial charge is 0.497 e. The zero-order valence-corrected chi connectivity index (χ0v) is 19.4.